The predicted molar refractivity (Wildman–Crippen MR) is 70.8 cm³/mol. The first kappa shape index (κ1) is 12.1. The van der Waals surface area contributed by atoms with Crippen LogP contribution >= 0.6 is 0 Å². The van der Waals surface area contributed by atoms with E-state index in [1.807, 2.05) is 18.2 Å². The number of rotatable bonds is 2. The number of carbonyl (C=O) groups excluding carboxylic acids is 1. The number of nitrogens with two attached hydrogens (primary N) is 1. The Morgan fingerprint density at radius 1 is 1.53 bits per heavy atom. The van der Waals surface area contributed by atoms with Gasteiger partial charge in [-0.2, -0.15) is 0 Å². The van der Waals surface area contributed by atoms with Gasteiger partial charge in [0, 0.05) is 5.69 Å². The Balaban J connectivity index is 2.49. The number of amides is 1. The van der Waals surface area contributed by atoms with Gasteiger partial charge in [0.2, 0.25) is 5.91 Å². The maximum atomic E-state index is 11.3. The van der Waals surface area contributed by atoms with Gasteiger partial charge < -0.3 is 11.1 Å². The number of nitrogen functional groups attached to an aromatic ring is 1. The van der Waals surface area contributed by atoms with Gasteiger partial charge in [-0.25, -0.2) is 0 Å². The lowest BCUT2D eigenvalue weighted by atomic mass is 9.95. The summed E-state index contributed by atoms with van der Waals surface area (Å²) in [6.45, 7) is 4.15. The third-order valence-corrected chi connectivity index (χ3v) is 4.41. The van der Waals surface area contributed by atoms with Crippen molar-refractivity contribution in [1.82, 2.24) is 5.32 Å². The molecule has 1 aromatic rings. The Kier molecular flexibility index (Phi) is 3.19. The molecule has 0 bridgehead atoms. The van der Waals surface area contributed by atoms with Crippen molar-refractivity contribution in [3.05, 3.63) is 29.3 Å². The van der Waals surface area contributed by atoms with Crippen LogP contribution in [-0.4, -0.2) is 11.7 Å². The van der Waals surface area contributed by atoms with E-state index in [0.29, 0.717) is 11.7 Å². The molecule has 17 heavy (non-hydrogen) atoms. The molecule has 2 atom stereocenters. The Hall–Kier alpha value is -1.36. The zero-order valence-electron chi connectivity index (χ0n) is 9.99. The van der Waals surface area contributed by atoms with Crippen molar-refractivity contribution in [3.63, 3.8) is 0 Å². The normalized spacial score (nSPS) is 24.1. The van der Waals surface area contributed by atoms with E-state index in [9.17, 15) is 4.79 Å². The molecule has 5 heteroatoms. The quantitative estimate of drug-likeness (QED) is 0.702. The Labute approximate surface area is 103 Å². The molecule has 0 aromatic heterocycles. The second-order valence-corrected chi connectivity index (χ2v) is 6.14. The van der Waals surface area contributed by atoms with Crippen LogP contribution in [0.2, 0.25) is 0 Å². The Morgan fingerprint density at radius 2 is 2.24 bits per heavy atom. The fourth-order valence-electron chi connectivity index (χ4n) is 2.21. The molecule has 0 radical (unpaired) electrons. The number of anilines is 1. The average molecular weight is 251 g/mol. The Bertz CT molecular complexity index is 485. The van der Waals surface area contributed by atoms with E-state index in [1.54, 1.807) is 0 Å². The van der Waals surface area contributed by atoms with Crippen LogP contribution in [0, 0.1) is 4.78 Å². The van der Waals surface area contributed by atoms with E-state index in [0.717, 1.165) is 16.8 Å². The molecule has 0 aliphatic carbocycles. The lowest BCUT2D eigenvalue weighted by Gasteiger charge is -2.20. The van der Waals surface area contributed by atoms with Gasteiger partial charge in [-0.3, -0.25) is 9.57 Å². The summed E-state index contributed by atoms with van der Waals surface area (Å²) in [5.74, 6) is 0.558. The molecular formula is C12H17N3OS. The van der Waals surface area contributed by atoms with E-state index in [2.05, 4.69) is 19.2 Å². The molecule has 0 saturated carbocycles. The Morgan fingerprint density at radius 3 is 2.76 bits per heavy atom. The zero-order chi connectivity index (χ0) is 12.6. The van der Waals surface area contributed by atoms with Crippen LogP contribution in [0.3, 0.4) is 0 Å². The molecule has 1 aromatic carbocycles. The van der Waals surface area contributed by atoms with Gasteiger partial charge in [0.15, 0.2) is 0 Å². The van der Waals surface area contributed by atoms with Crippen LogP contribution in [0.4, 0.5) is 5.69 Å². The van der Waals surface area contributed by atoms with Crippen molar-refractivity contribution in [2.24, 2.45) is 0 Å². The summed E-state index contributed by atoms with van der Waals surface area (Å²) in [6.07, 6.45) is 0. The van der Waals surface area contributed by atoms with E-state index in [-0.39, 0.29) is 11.3 Å². The van der Waals surface area contributed by atoms with Gasteiger partial charge in [0.25, 0.3) is 0 Å². The third-order valence-electron chi connectivity index (χ3n) is 2.90. The molecular weight excluding hydrogens is 234 g/mol. The zero-order valence-corrected chi connectivity index (χ0v) is 10.8. The van der Waals surface area contributed by atoms with Crippen LogP contribution in [-0.2, 0) is 15.5 Å². The minimum absolute atomic E-state index is 0.0366. The first-order valence-electron chi connectivity index (χ1n) is 5.59. The fourth-order valence-corrected chi connectivity index (χ4v) is 3.53. The minimum Gasteiger partial charge on any atom is -0.398 e. The summed E-state index contributed by atoms with van der Waals surface area (Å²) in [5.41, 5.74) is 8.81. The first-order valence-corrected chi connectivity index (χ1v) is 7.05. The highest BCUT2D eigenvalue weighted by atomic mass is 32.2. The van der Waals surface area contributed by atoms with E-state index in [1.165, 1.54) is 0 Å². The lowest BCUT2D eigenvalue weighted by Crippen LogP contribution is -2.21. The topological polar surface area (TPSA) is 79.0 Å². The molecule has 4 N–H and O–H groups in total. The van der Waals surface area contributed by atoms with Gasteiger partial charge in [0.1, 0.15) is 5.37 Å². The number of hydrogen-bond acceptors (Lipinski definition) is 3. The first-order chi connectivity index (χ1) is 8.00. The maximum absolute atomic E-state index is 11.3. The standard InChI is InChI=1S/C12H17N3OS/c1-7(2)11-8(4-3-5-9(11)13)12-15-10(16)6-17(12)14/h3-5,7,12,14H,6,13H2,1-2H3,(H,15,16). The average Bonchev–Trinajstić information content (AvgIpc) is 2.56. The summed E-state index contributed by atoms with van der Waals surface area (Å²) < 4.78 is 7.97. The predicted octanol–water partition coefficient (Wildman–Crippen LogP) is 1.90. The highest BCUT2D eigenvalue weighted by Gasteiger charge is 2.29. The molecule has 2 unspecified atom stereocenters. The molecule has 4 nitrogen and oxygen atoms in total. The van der Waals surface area contributed by atoms with Gasteiger partial charge in [-0.1, -0.05) is 36.7 Å². The summed E-state index contributed by atoms with van der Waals surface area (Å²) in [7, 11) is -0.693. The summed E-state index contributed by atoms with van der Waals surface area (Å²) in [4.78, 5) is 11.3. The van der Waals surface area contributed by atoms with Gasteiger partial charge in [-0.15, -0.1) is 0 Å². The molecule has 1 aliphatic rings. The van der Waals surface area contributed by atoms with E-state index >= 15 is 0 Å². The highest BCUT2D eigenvalue weighted by molar-refractivity contribution is 7.87. The van der Waals surface area contributed by atoms with Gasteiger partial charge in [-0.05, 0) is 23.1 Å². The molecule has 1 aliphatic heterocycles. The molecule has 0 spiro atoms. The summed E-state index contributed by atoms with van der Waals surface area (Å²) in [5, 5.41) is 2.68. The van der Waals surface area contributed by atoms with Crippen molar-refractivity contribution in [1.29, 1.82) is 4.78 Å². The van der Waals surface area contributed by atoms with Crippen molar-refractivity contribution < 1.29 is 4.79 Å². The van der Waals surface area contributed by atoms with Gasteiger partial charge in [0.05, 0.1) is 5.75 Å². The lowest BCUT2D eigenvalue weighted by molar-refractivity contribution is -0.118. The largest absolute Gasteiger partial charge is 0.398 e. The van der Waals surface area contributed by atoms with E-state index < -0.39 is 10.7 Å². The monoisotopic (exact) mass is 251 g/mol. The second-order valence-electron chi connectivity index (χ2n) is 4.53. The number of carbonyl (C=O) groups is 1. The number of benzene rings is 1. The van der Waals surface area contributed by atoms with Crippen molar-refractivity contribution in [2.45, 2.75) is 25.1 Å². The highest BCUT2D eigenvalue weighted by Crippen LogP contribution is 2.33. The second kappa shape index (κ2) is 4.49. The van der Waals surface area contributed by atoms with Crippen molar-refractivity contribution >= 4 is 22.3 Å². The number of nitrogens with one attached hydrogen (secondary N) is 2. The van der Waals surface area contributed by atoms with Crippen LogP contribution in [0.1, 0.15) is 36.3 Å². The molecule has 2 rings (SSSR count). The van der Waals surface area contributed by atoms with Crippen LogP contribution in [0.15, 0.2) is 18.2 Å². The van der Waals surface area contributed by atoms with E-state index in [4.69, 9.17) is 10.5 Å². The molecule has 92 valence electrons. The van der Waals surface area contributed by atoms with Crippen molar-refractivity contribution in [2.75, 3.05) is 11.5 Å². The van der Waals surface area contributed by atoms with Crippen molar-refractivity contribution in [3.8, 4) is 0 Å². The molecule has 1 fully saturated rings. The smallest absolute Gasteiger partial charge is 0.232 e. The fraction of sp³-hybridized carbons (Fsp3) is 0.417. The summed E-state index contributed by atoms with van der Waals surface area (Å²) in [6, 6.07) is 5.73. The molecule has 1 heterocycles. The van der Waals surface area contributed by atoms with Crippen LogP contribution in [0.25, 0.3) is 0 Å². The molecule has 1 saturated heterocycles. The number of hydrogen-bond donors (Lipinski definition) is 3. The SMILES string of the molecule is CC(C)c1c(N)cccc1C1NC(=O)CS1=N. The van der Waals surface area contributed by atoms with Crippen LogP contribution < -0.4 is 11.1 Å². The van der Waals surface area contributed by atoms with Crippen LogP contribution in [0.5, 0.6) is 0 Å². The summed E-state index contributed by atoms with van der Waals surface area (Å²) >= 11 is 0. The third kappa shape index (κ3) is 2.20. The minimum atomic E-state index is -0.693. The van der Waals surface area contributed by atoms with Gasteiger partial charge >= 0.3 is 0 Å². The maximum Gasteiger partial charge on any atom is 0.232 e. The molecule has 1 amide bonds.